The number of benzene rings is 1. The van der Waals surface area contributed by atoms with E-state index in [1.54, 1.807) is 6.07 Å². The third-order valence-corrected chi connectivity index (χ3v) is 1.62. The number of fused-ring (bicyclic) bond motifs is 1. The number of rotatable bonds is 1. The van der Waals surface area contributed by atoms with E-state index in [4.69, 9.17) is 11.6 Å². The molecule has 2 rings (SSSR count). The van der Waals surface area contributed by atoms with Crippen LogP contribution in [0.25, 0.3) is 11.0 Å². The second-order valence-corrected chi connectivity index (χ2v) is 2.71. The number of nitrogens with zero attached hydrogens (tertiary/aromatic N) is 1. The molecule has 0 aliphatic carbocycles. The zero-order chi connectivity index (χ0) is 9.26. The number of hydrogen-bond donors (Lipinski definition) is 1. The minimum absolute atomic E-state index is 0.112. The van der Waals surface area contributed by atoms with E-state index in [1.807, 2.05) is 18.2 Å². The smallest absolute Gasteiger partial charge is 0.380 e. The van der Waals surface area contributed by atoms with Crippen molar-refractivity contribution in [2.24, 2.45) is 0 Å². The van der Waals surface area contributed by atoms with Gasteiger partial charge in [-0.1, -0.05) is 12.1 Å². The summed E-state index contributed by atoms with van der Waals surface area (Å²) in [4.78, 5) is 17.1. The molecule has 5 heteroatoms. The van der Waals surface area contributed by atoms with Gasteiger partial charge in [-0.05, 0) is 12.1 Å². The van der Waals surface area contributed by atoms with E-state index in [0.717, 1.165) is 11.0 Å². The number of carbonyl (C=O) groups excluding carboxylic acids is 1. The molecule has 0 saturated carbocycles. The number of ether oxygens (including phenoxy) is 1. The molecule has 66 valence electrons. The highest BCUT2D eigenvalue weighted by Crippen LogP contribution is 2.15. The Balaban J connectivity index is 2.44. The predicted octanol–water partition coefficient (Wildman–Crippen LogP) is 2.30. The SMILES string of the molecule is O=C(Cl)Oc1nc2ccccc2[nH]1. The zero-order valence-electron chi connectivity index (χ0n) is 6.45. The van der Waals surface area contributed by atoms with Crippen LogP contribution in [0.4, 0.5) is 4.79 Å². The fourth-order valence-corrected chi connectivity index (χ4v) is 1.13. The highest BCUT2D eigenvalue weighted by molar-refractivity contribution is 6.61. The minimum atomic E-state index is -0.904. The van der Waals surface area contributed by atoms with Gasteiger partial charge in [0.2, 0.25) is 0 Å². The van der Waals surface area contributed by atoms with Crippen molar-refractivity contribution in [1.29, 1.82) is 0 Å². The van der Waals surface area contributed by atoms with Crippen molar-refractivity contribution in [1.82, 2.24) is 9.97 Å². The summed E-state index contributed by atoms with van der Waals surface area (Å²) in [6, 6.07) is 7.44. The molecule has 0 bridgehead atoms. The number of aromatic nitrogens is 2. The molecule has 0 radical (unpaired) electrons. The first-order valence-electron chi connectivity index (χ1n) is 3.58. The summed E-state index contributed by atoms with van der Waals surface area (Å²) in [6.45, 7) is 0. The molecule has 0 amide bonds. The Labute approximate surface area is 78.5 Å². The molecule has 1 aromatic heterocycles. The van der Waals surface area contributed by atoms with E-state index in [0.29, 0.717) is 0 Å². The lowest BCUT2D eigenvalue weighted by Gasteiger charge is -1.89. The first kappa shape index (κ1) is 8.07. The van der Waals surface area contributed by atoms with E-state index >= 15 is 0 Å². The van der Waals surface area contributed by atoms with Gasteiger partial charge in [0.25, 0.3) is 0 Å². The predicted molar refractivity (Wildman–Crippen MR) is 48.0 cm³/mol. The number of H-pyrrole nitrogens is 1. The van der Waals surface area contributed by atoms with Gasteiger partial charge in [-0.3, -0.25) is 0 Å². The van der Waals surface area contributed by atoms with Crippen molar-refractivity contribution >= 4 is 28.1 Å². The summed E-state index contributed by atoms with van der Waals surface area (Å²) in [7, 11) is 0. The van der Waals surface area contributed by atoms with E-state index in [9.17, 15) is 4.79 Å². The topological polar surface area (TPSA) is 55.0 Å². The molecular weight excluding hydrogens is 192 g/mol. The highest BCUT2D eigenvalue weighted by atomic mass is 35.5. The summed E-state index contributed by atoms with van der Waals surface area (Å²) in [5.74, 6) is 0. The van der Waals surface area contributed by atoms with Gasteiger partial charge >= 0.3 is 11.4 Å². The highest BCUT2D eigenvalue weighted by Gasteiger charge is 2.05. The lowest BCUT2D eigenvalue weighted by molar-refractivity contribution is 0.222. The molecule has 0 fully saturated rings. The molecule has 0 atom stereocenters. The lowest BCUT2D eigenvalue weighted by atomic mass is 10.3. The number of para-hydroxylation sites is 2. The number of nitrogens with one attached hydrogen (secondary N) is 1. The second-order valence-electron chi connectivity index (χ2n) is 2.40. The third kappa shape index (κ3) is 1.62. The summed E-state index contributed by atoms with van der Waals surface area (Å²) in [5, 5.41) is 0. The Morgan fingerprint density at radius 1 is 1.46 bits per heavy atom. The molecule has 1 aromatic carbocycles. The van der Waals surface area contributed by atoms with Crippen LogP contribution in [0, 0.1) is 0 Å². The van der Waals surface area contributed by atoms with Gasteiger partial charge < -0.3 is 9.72 Å². The fourth-order valence-electron chi connectivity index (χ4n) is 1.05. The van der Waals surface area contributed by atoms with Gasteiger partial charge in [-0.25, -0.2) is 4.79 Å². The minimum Gasteiger partial charge on any atom is -0.380 e. The summed E-state index contributed by atoms with van der Waals surface area (Å²) in [6.07, 6.45) is 0. The fraction of sp³-hybridized carbons (Fsp3) is 0. The second kappa shape index (κ2) is 3.06. The Morgan fingerprint density at radius 3 is 2.92 bits per heavy atom. The Morgan fingerprint density at radius 2 is 2.23 bits per heavy atom. The molecular formula is C8H5ClN2O2. The van der Waals surface area contributed by atoms with E-state index in [1.165, 1.54) is 0 Å². The van der Waals surface area contributed by atoms with Gasteiger partial charge in [-0.2, -0.15) is 4.98 Å². The van der Waals surface area contributed by atoms with E-state index in [2.05, 4.69) is 14.7 Å². The molecule has 0 unspecified atom stereocenters. The molecule has 1 N–H and O–H groups in total. The van der Waals surface area contributed by atoms with Gasteiger partial charge in [0, 0.05) is 11.6 Å². The van der Waals surface area contributed by atoms with Crippen molar-refractivity contribution in [2.75, 3.05) is 0 Å². The molecule has 0 spiro atoms. The number of hydrogen-bond acceptors (Lipinski definition) is 3. The summed E-state index contributed by atoms with van der Waals surface area (Å²) >= 11 is 5.02. The quantitative estimate of drug-likeness (QED) is 0.712. The molecule has 4 nitrogen and oxygen atoms in total. The lowest BCUT2D eigenvalue weighted by Crippen LogP contribution is -1.96. The normalized spacial score (nSPS) is 10.2. The van der Waals surface area contributed by atoms with Gasteiger partial charge in [0.15, 0.2) is 0 Å². The standard InChI is InChI=1S/C8H5ClN2O2/c9-7(12)13-8-10-5-3-1-2-4-6(5)11-8/h1-4H,(H,10,11). The monoisotopic (exact) mass is 196 g/mol. The van der Waals surface area contributed by atoms with Crippen molar-refractivity contribution < 1.29 is 9.53 Å². The largest absolute Gasteiger partial charge is 0.411 e. The van der Waals surface area contributed by atoms with Crippen LogP contribution in [0.1, 0.15) is 0 Å². The first-order valence-corrected chi connectivity index (χ1v) is 3.95. The van der Waals surface area contributed by atoms with Crippen molar-refractivity contribution in [3.05, 3.63) is 24.3 Å². The number of halogens is 1. The molecule has 0 saturated heterocycles. The van der Waals surface area contributed by atoms with E-state index in [-0.39, 0.29) is 6.01 Å². The van der Waals surface area contributed by atoms with Crippen LogP contribution in [0.5, 0.6) is 6.01 Å². The molecule has 2 aromatic rings. The maximum Gasteiger partial charge on any atom is 0.411 e. The van der Waals surface area contributed by atoms with E-state index < -0.39 is 5.43 Å². The van der Waals surface area contributed by atoms with Crippen LogP contribution in [0.15, 0.2) is 24.3 Å². The number of imidazole rings is 1. The van der Waals surface area contributed by atoms with Crippen LogP contribution >= 0.6 is 11.6 Å². The molecule has 0 aliphatic rings. The van der Waals surface area contributed by atoms with Crippen molar-refractivity contribution in [2.45, 2.75) is 0 Å². The average molecular weight is 197 g/mol. The maximum atomic E-state index is 10.4. The average Bonchev–Trinajstić information content (AvgIpc) is 2.44. The Hall–Kier alpha value is -1.55. The summed E-state index contributed by atoms with van der Waals surface area (Å²) < 4.78 is 4.56. The molecule has 1 heterocycles. The summed E-state index contributed by atoms with van der Waals surface area (Å²) in [5.41, 5.74) is 0.630. The number of aromatic amines is 1. The Kier molecular flexibility index (Phi) is 1.90. The molecule has 13 heavy (non-hydrogen) atoms. The van der Waals surface area contributed by atoms with Gasteiger partial charge in [0.05, 0.1) is 11.0 Å². The third-order valence-electron chi connectivity index (χ3n) is 1.54. The zero-order valence-corrected chi connectivity index (χ0v) is 7.21. The van der Waals surface area contributed by atoms with Crippen LogP contribution in [-0.4, -0.2) is 15.4 Å². The number of carbonyl (C=O) groups is 1. The Bertz CT molecular complexity index is 419. The van der Waals surface area contributed by atoms with Crippen molar-refractivity contribution in [3.8, 4) is 6.01 Å². The van der Waals surface area contributed by atoms with Gasteiger partial charge in [-0.15, -0.1) is 0 Å². The van der Waals surface area contributed by atoms with Gasteiger partial charge in [0.1, 0.15) is 0 Å². The molecule has 0 aliphatic heterocycles. The van der Waals surface area contributed by atoms with Crippen molar-refractivity contribution in [3.63, 3.8) is 0 Å². The van der Waals surface area contributed by atoms with Crippen LogP contribution < -0.4 is 4.74 Å². The maximum absolute atomic E-state index is 10.4. The van der Waals surface area contributed by atoms with Crippen LogP contribution in [-0.2, 0) is 0 Å². The van der Waals surface area contributed by atoms with Crippen LogP contribution in [0.3, 0.4) is 0 Å². The van der Waals surface area contributed by atoms with Crippen LogP contribution in [0.2, 0.25) is 0 Å². The first-order chi connectivity index (χ1) is 6.25.